The van der Waals surface area contributed by atoms with E-state index in [0.717, 1.165) is 12.7 Å². The third-order valence-electron chi connectivity index (χ3n) is 1.17. The average molecular weight is 128 g/mol. The van der Waals surface area contributed by atoms with Crippen LogP contribution in [-0.4, -0.2) is 6.29 Å². The Morgan fingerprint density at radius 1 is 1.44 bits per heavy atom. The summed E-state index contributed by atoms with van der Waals surface area (Å²) in [5, 5.41) is 0. The largest absolute Gasteiger partial charge is 0.303 e. The standard InChI is InChI=1S/C8H16O/c1-7(6-9)5-8(2,3)4/h6-7H,5H2,1-4H3/t7-/m0/s1. The van der Waals surface area contributed by atoms with Crippen LogP contribution in [0.4, 0.5) is 0 Å². The van der Waals surface area contributed by atoms with E-state index in [2.05, 4.69) is 20.8 Å². The smallest absolute Gasteiger partial charge is 0.122 e. The van der Waals surface area contributed by atoms with Crippen molar-refractivity contribution in [1.29, 1.82) is 0 Å². The van der Waals surface area contributed by atoms with Crippen molar-refractivity contribution in [2.45, 2.75) is 34.1 Å². The molecule has 0 radical (unpaired) electrons. The first-order chi connectivity index (χ1) is 3.95. The van der Waals surface area contributed by atoms with E-state index in [9.17, 15) is 4.79 Å². The van der Waals surface area contributed by atoms with Crippen LogP contribution in [0.3, 0.4) is 0 Å². The topological polar surface area (TPSA) is 17.1 Å². The number of rotatable bonds is 2. The lowest BCUT2D eigenvalue weighted by atomic mass is 9.86. The Hall–Kier alpha value is -0.330. The maximum Gasteiger partial charge on any atom is 0.122 e. The third-order valence-corrected chi connectivity index (χ3v) is 1.17. The van der Waals surface area contributed by atoms with Crippen LogP contribution in [0.5, 0.6) is 0 Å². The Kier molecular flexibility index (Phi) is 2.89. The number of aldehydes is 1. The molecule has 0 fully saturated rings. The minimum absolute atomic E-state index is 0.213. The van der Waals surface area contributed by atoms with E-state index < -0.39 is 0 Å². The van der Waals surface area contributed by atoms with Gasteiger partial charge in [-0.3, -0.25) is 0 Å². The number of carbonyl (C=O) groups is 1. The van der Waals surface area contributed by atoms with Gasteiger partial charge in [-0.1, -0.05) is 27.7 Å². The summed E-state index contributed by atoms with van der Waals surface area (Å²) in [4.78, 5) is 10.2. The zero-order chi connectivity index (χ0) is 7.49. The molecule has 0 heterocycles. The van der Waals surface area contributed by atoms with Crippen LogP contribution in [0.1, 0.15) is 34.1 Å². The van der Waals surface area contributed by atoms with Crippen molar-refractivity contribution in [1.82, 2.24) is 0 Å². The Balaban J connectivity index is 3.59. The SMILES string of the molecule is C[C@H](C=O)CC(C)(C)C. The molecule has 0 aliphatic carbocycles. The van der Waals surface area contributed by atoms with Crippen LogP contribution >= 0.6 is 0 Å². The molecule has 0 amide bonds. The highest BCUT2D eigenvalue weighted by atomic mass is 16.1. The number of carbonyl (C=O) groups excluding carboxylic acids is 1. The Labute approximate surface area is 57.5 Å². The normalized spacial score (nSPS) is 15.1. The van der Waals surface area contributed by atoms with E-state index in [-0.39, 0.29) is 5.92 Å². The van der Waals surface area contributed by atoms with Gasteiger partial charge in [0.2, 0.25) is 0 Å². The van der Waals surface area contributed by atoms with Crippen molar-refractivity contribution in [3.05, 3.63) is 0 Å². The Bertz CT molecular complexity index is 89.2. The van der Waals surface area contributed by atoms with Crippen molar-refractivity contribution in [2.75, 3.05) is 0 Å². The zero-order valence-electron chi connectivity index (χ0n) is 6.77. The highest BCUT2D eigenvalue weighted by Crippen LogP contribution is 2.22. The van der Waals surface area contributed by atoms with Crippen LogP contribution in [-0.2, 0) is 4.79 Å². The maximum absolute atomic E-state index is 10.2. The maximum atomic E-state index is 10.2. The van der Waals surface area contributed by atoms with Gasteiger partial charge in [-0.25, -0.2) is 0 Å². The van der Waals surface area contributed by atoms with Crippen molar-refractivity contribution in [3.63, 3.8) is 0 Å². The molecule has 0 saturated heterocycles. The fourth-order valence-electron chi connectivity index (χ4n) is 1.01. The average Bonchev–Trinajstić information content (AvgIpc) is 1.62. The van der Waals surface area contributed by atoms with Gasteiger partial charge in [-0.05, 0) is 11.8 Å². The molecule has 0 N–H and O–H groups in total. The second-order valence-corrected chi connectivity index (χ2v) is 3.88. The van der Waals surface area contributed by atoms with Gasteiger partial charge < -0.3 is 4.79 Å². The summed E-state index contributed by atoms with van der Waals surface area (Å²) < 4.78 is 0. The molecule has 0 rings (SSSR count). The molecular formula is C8H16O. The quantitative estimate of drug-likeness (QED) is 0.521. The summed E-state index contributed by atoms with van der Waals surface area (Å²) >= 11 is 0. The van der Waals surface area contributed by atoms with Gasteiger partial charge in [0.05, 0.1) is 0 Å². The van der Waals surface area contributed by atoms with Gasteiger partial charge in [0.1, 0.15) is 6.29 Å². The summed E-state index contributed by atoms with van der Waals surface area (Å²) in [6, 6.07) is 0. The summed E-state index contributed by atoms with van der Waals surface area (Å²) in [6.07, 6.45) is 2.00. The van der Waals surface area contributed by atoms with E-state index in [0.29, 0.717) is 5.41 Å². The lowest BCUT2D eigenvalue weighted by Gasteiger charge is -2.19. The van der Waals surface area contributed by atoms with Crippen molar-refractivity contribution in [2.24, 2.45) is 11.3 Å². The van der Waals surface area contributed by atoms with Crippen LogP contribution in [0, 0.1) is 11.3 Å². The molecule has 0 aliphatic heterocycles. The van der Waals surface area contributed by atoms with Crippen LogP contribution in [0.25, 0.3) is 0 Å². The van der Waals surface area contributed by atoms with Gasteiger partial charge >= 0.3 is 0 Å². The first-order valence-electron chi connectivity index (χ1n) is 3.41. The predicted octanol–water partition coefficient (Wildman–Crippen LogP) is 2.26. The van der Waals surface area contributed by atoms with E-state index in [1.54, 1.807) is 0 Å². The molecule has 1 heteroatoms. The van der Waals surface area contributed by atoms with Gasteiger partial charge in [0.25, 0.3) is 0 Å². The highest BCUT2D eigenvalue weighted by Gasteiger charge is 2.13. The molecule has 0 spiro atoms. The minimum Gasteiger partial charge on any atom is -0.303 e. The van der Waals surface area contributed by atoms with Crippen LogP contribution in [0.15, 0.2) is 0 Å². The first-order valence-corrected chi connectivity index (χ1v) is 3.41. The number of hydrogen-bond donors (Lipinski definition) is 0. The monoisotopic (exact) mass is 128 g/mol. The molecule has 1 atom stereocenters. The Morgan fingerprint density at radius 3 is 2.00 bits per heavy atom. The minimum atomic E-state index is 0.213. The van der Waals surface area contributed by atoms with E-state index >= 15 is 0 Å². The molecule has 0 aromatic carbocycles. The Morgan fingerprint density at radius 2 is 1.89 bits per heavy atom. The summed E-state index contributed by atoms with van der Waals surface area (Å²) in [5.74, 6) is 0.213. The molecule has 0 aromatic heterocycles. The van der Waals surface area contributed by atoms with Crippen LogP contribution in [0.2, 0.25) is 0 Å². The fourth-order valence-corrected chi connectivity index (χ4v) is 1.01. The second kappa shape index (κ2) is 3.00. The van der Waals surface area contributed by atoms with Crippen molar-refractivity contribution < 1.29 is 4.79 Å². The van der Waals surface area contributed by atoms with E-state index in [1.165, 1.54) is 0 Å². The van der Waals surface area contributed by atoms with Crippen LogP contribution < -0.4 is 0 Å². The molecule has 9 heavy (non-hydrogen) atoms. The fraction of sp³-hybridized carbons (Fsp3) is 0.875. The van der Waals surface area contributed by atoms with E-state index in [4.69, 9.17) is 0 Å². The second-order valence-electron chi connectivity index (χ2n) is 3.88. The summed E-state index contributed by atoms with van der Waals surface area (Å²) in [7, 11) is 0. The van der Waals surface area contributed by atoms with E-state index in [1.807, 2.05) is 6.92 Å². The summed E-state index contributed by atoms with van der Waals surface area (Å²) in [5.41, 5.74) is 0.292. The van der Waals surface area contributed by atoms with Gasteiger partial charge in [0, 0.05) is 5.92 Å². The molecule has 1 nitrogen and oxygen atoms in total. The van der Waals surface area contributed by atoms with Gasteiger partial charge in [-0.2, -0.15) is 0 Å². The van der Waals surface area contributed by atoms with Gasteiger partial charge in [-0.15, -0.1) is 0 Å². The molecule has 54 valence electrons. The first kappa shape index (κ1) is 8.67. The molecule has 0 aliphatic rings. The zero-order valence-corrected chi connectivity index (χ0v) is 6.77. The molecule has 0 bridgehead atoms. The van der Waals surface area contributed by atoms with Crippen molar-refractivity contribution in [3.8, 4) is 0 Å². The van der Waals surface area contributed by atoms with Gasteiger partial charge in [0.15, 0.2) is 0 Å². The lowest BCUT2D eigenvalue weighted by molar-refractivity contribution is -0.111. The molecule has 0 saturated carbocycles. The predicted molar refractivity (Wildman–Crippen MR) is 39.3 cm³/mol. The summed E-state index contributed by atoms with van der Waals surface area (Å²) in [6.45, 7) is 8.39. The molecule has 0 aromatic rings. The highest BCUT2D eigenvalue weighted by molar-refractivity contribution is 5.52. The lowest BCUT2D eigenvalue weighted by Crippen LogP contribution is -2.11. The number of hydrogen-bond acceptors (Lipinski definition) is 1. The molecule has 0 unspecified atom stereocenters. The molecular weight excluding hydrogens is 112 g/mol. The third kappa shape index (κ3) is 5.54. The van der Waals surface area contributed by atoms with Crippen molar-refractivity contribution >= 4 is 6.29 Å².